The van der Waals surface area contributed by atoms with Gasteiger partial charge in [0.2, 0.25) is 5.69 Å². The SMILES string of the molecule is Cl[I-]Cl.c1ccc(-c2cccc[nH+]2)nc1. The minimum Gasteiger partial charge on any atom is -0.250 e. The van der Waals surface area contributed by atoms with Gasteiger partial charge in [0, 0.05) is 18.3 Å². The molecule has 0 aromatic carbocycles. The molecule has 0 atom stereocenters. The Hall–Kier alpha value is -0.390. The maximum absolute atomic E-state index is 4.87. The molecule has 2 rings (SSSR count). The van der Waals surface area contributed by atoms with Crippen molar-refractivity contribution in [3.63, 3.8) is 0 Å². The van der Waals surface area contributed by atoms with E-state index in [1.54, 1.807) is 6.20 Å². The molecule has 2 nitrogen and oxygen atoms in total. The van der Waals surface area contributed by atoms with E-state index < -0.39 is 18.9 Å². The molecule has 0 aliphatic carbocycles. The van der Waals surface area contributed by atoms with E-state index in [1.807, 2.05) is 42.6 Å². The summed E-state index contributed by atoms with van der Waals surface area (Å²) in [5.74, 6) is 0. The van der Waals surface area contributed by atoms with Crippen molar-refractivity contribution >= 4 is 17.8 Å². The molecular formula is C10H9Cl2IN2. The van der Waals surface area contributed by atoms with E-state index in [0.29, 0.717) is 0 Å². The van der Waals surface area contributed by atoms with Gasteiger partial charge in [0.05, 0.1) is 0 Å². The van der Waals surface area contributed by atoms with Gasteiger partial charge in [-0.25, -0.2) is 9.97 Å². The van der Waals surface area contributed by atoms with Crippen LogP contribution in [-0.4, -0.2) is 4.98 Å². The number of aromatic nitrogens is 2. The fourth-order valence-corrected chi connectivity index (χ4v) is 1.07. The summed E-state index contributed by atoms with van der Waals surface area (Å²) in [7, 11) is 9.75. The van der Waals surface area contributed by atoms with Crippen LogP contribution in [0.5, 0.6) is 0 Å². The van der Waals surface area contributed by atoms with E-state index >= 15 is 0 Å². The first-order valence-electron chi connectivity index (χ1n) is 4.13. The second kappa shape index (κ2) is 7.84. The summed E-state index contributed by atoms with van der Waals surface area (Å²) in [6, 6.07) is 11.8. The standard InChI is InChI=1S/C10H8N2.Cl2I/c1-3-7-11-9(5-1)10-6-2-4-8-12-10;1-3-2/h1-8H;/q;-1/p+1. The summed E-state index contributed by atoms with van der Waals surface area (Å²) in [5.41, 5.74) is 2.01. The number of nitrogens with one attached hydrogen (secondary N) is 1. The van der Waals surface area contributed by atoms with E-state index in [-0.39, 0.29) is 0 Å². The normalized spacial score (nSPS) is 9.20. The van der Waals surface area contributed by atoms with Crippen LogP contribution < -0.4 is 23.9 Å². The smallest absolute Gasteiger partial charge is 0.229 e. The van der Waals surface area contributed by atoms with E-state index in [4.69, 9.17) is 17.8 Å². The molecule has 2 aromatic heterocycles. The summed E-state index contributed by atoms with van der Waals surface area (Å²) in [4.78, 5) is 7.34. The number of nitrogens with zero attached hydrogens (tertiary/aromatic N) is 1. The summed E-state index contributed by atoms with van der Waals surface area (Å²) in [6.45, 7) is 0. The van der Waals surface area contributed by atoms with E-state index in [0.717, 1.165) is 11.4 Å². The molecule has 2 heterocycles. The van der Waals surface area contributed by atoms with Gasteiger partial charge in [0.1, 0.15) is 5.69 Å². The predicted molar refractivity (Wildman–Crippen MR) is 57.9 cm³/mol. The second-order valence-electron chi connectivity index (χ2n) is 2.55. The molecule has 0 amide bonds. The van der Waals surface area contributed by atoms with Crippen molar-refractivity contribution in [1.82, 2.24) is 4.98 Å². The first-order valence-corrected chi connectivity index (χ1v) is 9.60. The molecule has 15 heavy (non-hydrogen) atoms. The molecule has 0 aliphatic rings. The molecule has 0 saturated carbocycles. The van der Waals surface area contributed by atoms with E-state index in [2.05, 4.69) is 9.97 Å². The number of hydrogen-bond donors (Lipinski definition) is 0. The van der Waals surface area contributed by atoms with Crippen molar-refractivity contribution in [3.05, 3.63) is 48.8 Å². The predicted octanol–water partition coefficient (Wildman–Crippen LogP) is -0.0543. The summed E-state index contributed by atoms with van der Waals surface area (Å²) in [5, 5.41) is 0. The van der Waals surface area contributed by atoms with Crippen LogP contribution in [0.3, 0.4) is 0 Å². The van der Waals surface area contributed by atoms with Crippen LogP contribution in [0, 0.1) is 0 Å². The maximum atomic E-state index is 4.87. The fourth-order valence-electron chi connectivity index (χ4n) is 1.07. The molecule has 80 valence electrons. The van der Waals surface area contributed by atoms with Gasteiger partial charge < -0.3 is 0 Å². The number of hydrogen-bond acceptors (Lipinski definition) is 1. The Morgan fingerprint density at radius 1 is 1.07 bits per heavy atom. The Kier molecular flexibility index (Phi) is 6.63. The average molecular weight is 355 g/mol. The topological polar surface area (TPSA) is 27.0 Å². The van der Waals surface area contributed by atoms with Crippen LogP contribution in [-0.2, 0) is 0 Å². The quantitative estimate of drug-likeness (QED) is 0.659. The molecule has 1 N–H and O–H groups in total. The first kappa shape index (κ1) is 12.7. The Morgan fingerprint density at radius 2 is 1.80 bits per heavy atom. The monoisotopic (exact) mass is 354 g/mol. The molecule has 0 unspecified atom stereocenters. The third-order valence-electron chi connectivity index (χ3n) is 1.65. The van der Waals surface area contributed by atoms with Crippen molar-refractivity contribution < 1.29 is 23.9 Å². The van der Waals surface area contributed by atoms with Gasteiger partial charge in [0.15, 0.2) is 6.20 Å². The Bertz CT molecular complexity index is 332. The minimum absolute atomic E-state index is 0.466. The minimum atomic E-state index is -0.466. The summed E-state index contributed by atoms with van der Waals surface area (Å²) >= 11 is -0.466. The zero-order valence-electron chi connectivity index (χ0n) is 7.70. The van der Waals surface area contributed by atoms with E-state index in [9.17, 15) is 0 Å². The molecule has 0 aliphatic heterocycles. The van der Waals surface area contributed by atoms with Crippen LogP contribution in [0.2, 0.25) is 0 Å². The second-order valence-corrected chi connectivity index (χ2v) is 5.75. The van der Waals surface area contributed by atoms with Crippen LogP contribution in [0.4, 0.5) is 0 Å². The Morgan fingerprint density at radius 3 is 2.33 bits per heavy atom. The molecule has 5 heteroatoms. The third-order valence-corrected chi connectivity index (χ3v) is 1.65. The molecule has 0 spiro atoms. The molecule has 2 aromatic rings. The number of halogens is 3. The van der Waals surface area contributed by atoms with Crippen LogP contribution in [0.1, 0.15) is 0 Å². The van der Waals surface area contributed by atoms with Crippen molar-refractivity contribution in [2.24, 2.45) is 0 Å². The molecular weight excluding hydrogens is 346 g/mol. The van der Waals surface area contributed by atoms with Crippen LogP contribution in [0.25, 0.3) is 11.4 Å². The number of H-pyrrole nitrogens is 1. The summed E-state index contributed by atoms with van der Waals surface area (Å²) < 4.78 is 0. The first-order chi connectivity index (χ1) is 7.38. The maximum Gasteiger partial charge on any atom is 0.229 e. The largest absolute Gasteiger partial charge is 0.250 e. The number of aromatic amines is 1. The van der Waals surface area contributed by atoms with Crippen LogP contribution >= 0.6 is 17.8 Å². The van der Waals surface area contributed by atoms with Crippen molar-refractivity contribution in [3.8, 4) is 11.4 Å². The van der Waals surface area contributed by atoms with Gasteiger partial charge in [-0.2, -0.15) is 0 Å². The number of rotatable bonds is 1. The third kappa shape index (κ3) is 4.77. The van der Waals surface area contributed by atoms with Crippen molar-refractivity contribution in [2.75, 3.05) is 0 Å². The van der Waals surface area contributed by atoms with Gasteiger partial charge >= 0.3 is 36.8 Å². The number of pyridine rings is 2. The molecule has 0 saturated heterocycles. The average Bonchev–Trinajstić information content (AvgIpc) is 2.32. The van der Waals surface area contributed by atoms with E-state index in [1.165, 1.54) is 0 Å². The van der Waals surface area contributed by atoms with Gasteiger partial charge in [-0.15, -0.1) is 0 Å². The molecule has 0 fully saturated rings. The summed E-state index contributed by atoms with van der Waals surface area (Å²) in [6.07, 6.45) is 3.68. The van der Waals surface area contributed by atoms with Crippen molar-refractivity contribution in [2.45, 2.75) is 0 Å². The van der Waals surface area contributed by atoms with Gasteiger partial charge in [-0.05, 0) is 18.2 Å². The zero-order chi connectivity index (χ0) is 10.9. The van der Waals surface area contributed by atoms with Gasteiger partial charge in [0.25, 0.3) is 0 Å². The zero-order valence-corrected chi connectivity index (χ0v) is 11.4. The van der Waals surface area contributed by atoms with Gasteiger partial charge in [-0.3, -0.25) is 0 Å². The Labute approximate surface area is 106 Å². The Balaban J connectivity index is 0.000000337. The van der Waals surface area contributed by atoms with Crippen molar-refractivity contribution in [1.29, 1.82) is 0 Å². The van der Waals surface area contributed by atoms with Crippen LogP contribution in [0.15, 0.2) is 48.8 Å². The molecule has 0 radical (unpaired) electrons. The fraction of sp³-hybridized carbons (Fsp3) is 0. The van der Waals surface area contributed by atoms with Gasteiger partial charge in [-0.1, -0.05) is 6.07 Å². The molecule has 0 bridgehead atoms.